The number of piperidine rings is 1. The molecule has 0 bridgehead atoms. The number of esters is 1. The highest BCUT2D eigenvalue weighted by Crippen LogP contribution is 2.20. The highest BCUT2D eigenvalue weighted by Gasteiger charge is 2.29. The molecule has 3 atom stereocenters. The summed E-state index contributed by atoms with van der Waals surface area (Å²) in [5.41, 5.74) is 5.90. The highest BCUT2D eigenvalue weighted by atomic mass is 35.5. The molecule has 2 N–H and O–H groups in total. The van der Waals surface area contributed by atoms with E-state index in [4.69, 9.17) is 10.5 Å². The van der Waals surface area contributed by atoms with Crippen molar-refractivity contribution in [1.29, 1.82) is 0 Å². The van der Waals surface area contributed by atoms with E-state index in [1.807, 2.05) is 13.8 Å². The van der Waals surface area contributed by atoms with Crippen molar-refractivity contribution in [2.45, 2.75) is 38.8 Å². The van der Waals surface area contributed by atoms with Crippen LogP contribution >= 0.6 is 12.4 Å². The molecule has 1 rings (SSSR count). The van der Waals surface area contributed by atoms with Gasteiger partial charge in [0.1, 0.15) is 6.04 Å². The summed E-state index contributed by atoms with van der Waals surface area (Å²) >= 11 is 0. The van der Waals surface area contributed by atoms with Crippen LogP contribution in [-0.4, -0.2) is 43.2 Å². The van der Waals surface area contributed by atoms with Crippen molar-refractivity contribution >= 4 is 18.4 Å². The summed E-state index contributed by atoms with van der Waals surface area (Å²) in [7, 11) is 1.44. The van der Waals surface area contributed by atoms with E-state index < -0.39 is 0 Å². The van der Waals surface area contributed by atoms with Gasteiger partial charge in [0.15, 0.2) is 0 Å². The third-order valence-corrected chi connectivity index (χ3v) is 3.32. The van der Waals surface area contributed by atoms with Gasteiger partial charge in [-0.05, 0) is 39.2 Å². The minimum Gasteiger partial charge on any atom is -0.468 e. The average Bonchev–Trinajstić information content (AvgIpc) is 2.27. The second-order valence-electron chi connectivity index (χ2n) is 4.46. The molecule has 0 aliphatic carbocycles. The van der Waals surface area contributed by atoms with Gasteiger partial charge in [0.25, 0.3) is 0 Å². The van der Waals surface area contributed by atoms with E-state index in [0.717, 1.165) is 19.5 Å². The fourth-order valence-corrected chi connectivity index (χ4v) is 2.14. The predicted molar refractivity (Wildman–Crippen MR) is 66.7 cm³/mol. The van der Waals surface area contributed by atoms with Crippen molar-refractivity contribution in [3.63, 3.8) is 0 Å². The Labute approximate surface area is 104 Å². The van der Waals surface area contributed by atoms with Crippen LogP contribution in [0.15, 0.2) is 0 Å². The molecule has 16 heavy (non-hydrogen) atoms. The minimum atomic E-state index is -0.152. The van der Waals surface area contributed by atoms with Gasteiger partial charge in [-0.25, -0.2) is 0 Å². The molecule has 0 aromatic carbocycles. The lowest BCUT2D eigenvalue weighted by Crippen LogP contribution is -2.48. The monoisotopic (exact) mass is 250 g/mol. The van der Waals surface area contributed by atoms with Gasteiger partial charge >= 0.3 is 5.97 Å². The van der Waals surface area contributed by atoms with Crippen molar-refractivity contribution in [3.05, 3.63) is 0 Å². The van der Waals surface area contributed by atoms with Crippen LogP contribution in [-0.2, 0) is 9.53 Å². The van der Waals surface area contributed by atoms with E-state index in [1.165, 1.54) is 13.5 Å². The Balaban J connectivity index is 0.00000225. The lowest BCUT2D eigenvalue weighted by atomic mass is 9.91. The molecular formula is C11H23ClN2O2. The first-order chi connectivity index (χ1) is 7.06. The molecule has 5 heteroatoms. The van der Waals surface area contributed by atoms with Crippen molar-refractivity contribution in [1.82, 2.24) is 4.90 Å². The van der Waals surface area contributed by atoms with E-state index in [9.17, 15) is 4.79 Å². The summed E-state index contributed by atoms with van der Waals surface area (Å²) < 4.78 is 4.75. The third kappa shape index (κ3) is 3.92. The van der Waals surface area contributed by atoms with Gasteiger partial charge in [-0.15, -0.1) is 12.4 Å². The Morgan fingerprint density at radius 2 is 2.12 bits per heavy atom. The zero-order valence-corrected chi connectivity index (χ0v) is 11.1. The first-order valence-corrected chi connectivity index (χ1v) is 5.63. The Kier molecular flexibility index (Phi) is 6.95. The van der Waals surface area contributed by atoms with Crippen molar-refractivity contribution in [2.75, 3.05) is 20.2 Å². The van der Waals surface area contributed by atoms with Crippen LogP contribution in [0.25, 0.3) is 0 Å². The Bertz CT molecular complexity index is 224. The largest absolute Gasteiger partial charge is 0.468 e. The standard InChI is InChI=1S/C11H22N2O2.ClH/c1-8(12)10-5-4-6-13(7-10)9(2)11(14)15-3;/h8-10H,4-7,12H2,1-3H3;1H. The van der Waals surface area contributed by atoms with Gasteiger partial charge in [0, 0.05) is 12.6 Å². The van der Waals surface area contributed by atoms with Crippen molar-refractivity contribution in [3.8, 4) is 0 Å². The third-order valence-electron chi connectivity index (χ3n) is 3.32. The second-order valence-corrected chi connectivity index (χ2v) is 4.46. The predicted octanol–water partition coefficient (Wildman–Crippen LogP) is 1.03. The summed E-state index contributed by atoms with van der Waals surface area (Å²) in [6, 6.07) is 0.0641. The molecule has 1 heterocycles. The fourth-order valence-electron chi connectivity index (χ4n) is 2.14. The summed E-state index contributed by atoms with van der Waals surface area (Å²) in [5.74, 6) is 0.353. The number of rotatable bonds is 3. The van der Waals surface area contributed by atoms with E-state index in [1.54, 1.807) is 0 Å². The zero-order chi connectivity index (χ0) is 11.4. The van der Waals surface area contributed by atoms with Crippen LogP contribution in [0.1, 0.15) is 26.7 Å². The molecule has 96 valence electrons. The normalized spacial score (nSPS) is 25.4. The quantitative estimate of drug-likeness (QED) is 0.761. The lowest BCUT2D eigenvalue weighted by Gasteiger charge is -2.37. The maximum atomic E-state index is 11.4. The van der Waals surface area contributed by atoms with Crippen molar-refractivity contribution < 1.29 is 9.53 Å². The van der Waals surface area contributed by atoms with Crippen molar-refractivity contribution in [2.24, 2.45) is 11.7 Å². The van der Waals surface area contributed by atoms with Gasteiger partial charge < -0.3 is 10.5 Å². The first kappa shape index (κ1) is 15.7. The number of carbonyl (C=O) groups is 1. The molecule has 0 aromatic rings. The molecular weight excluding hydrogens is 228 g/mol. The highest BCUT2D eigenvalue weighted by molar-refractivity contribution is 5.85. The average molecular weight is 251 g/mol. The molecule has 0 amide bonds. The Morgan fingerprint density at radius 3 is 2.62 bits per heavy atom. The van der Waals surface area contributed by atoms with E-state index >= 15 is 0 Å². The van der Waals surface area contributed by atoms with Crippen LogP contribution in [0, 0.1) is 5.92 Å². The zero-order valence-electron chi connectivity index (χ0n) is 10.3. The number of methoxy groups -OCH3 is 1. The molecule has 1 aliphatic rings. The Morgan fingerprint density at radius 1 is 1.50 bits per heavy atom. The van der Waals surface area contributed by atoms with E-state index in [0.29, 0.717) is 5.92 Å². The fraction of sp³-hybridized carbons (Fsp3) is 0.909. The molecule has 0 radical (unpaired) electrons. The molecule has 0 saturated carbocycles. The number of nitrogens with zero attached hydrogens (tertiary/aromatic N) is 1. The number of hydrogen-bond acceptors (Lipinski definition) is 4. The smallest absolute Gasteiger partial charge is 0.322 e. The van der Waals surface area contributed by atoms with Gasteiger partial charge in [0.05, 0.1) is 7.11 Å². The number of nitrogens with two attached hydrogens (primary N) is 1. The Hall–Kier alpha value is -0.320. The number of ether oxygens (including phenoxy) is 1. The summed E-state index contributed by atoms with van der Waals surface area (Å²) in [6.45, 7) is 5.82. The number of halogens is 1. The van der Waals surface area contributed by atoms with Crippen LogP contribution in [0.5, 0.6) is 0 Å². The molecule has 0 aromatic heterocycles. The maximum Gasteiger partial charge on any atom is 0.322 e. The van der Waals surface area contributed by atoms with Crippen LogP contribution in [0.2, 0.25) is 0 Å². The molecule has 3 unspecified atom stereocenters. The first-order valence-electron chi connectivity index (χ1n) is 5.63. The number of hydrogen-bond donors (Lipinski definition) is 1. The summed E-state index contributed by atoms with van der Waals surface area (Å²) in [5, 5.41) is 0. The number of carbonyl (C=O) groups excluding carboxylic acids is 1. The summed E-state index contributed by atoms with van der Waals surface area (Å²) in [4.78, 5) is 13.6. The summed E-state index contributed by atoms with van der Waals surface area (Å²) in [6.07, 6.45) is 2.29. The van der Waals surface area contributed by atoms with E-state index in [2.05, 4.69) is 4.90 Å². The van der Waals surface area contributed by atoms with Crippen LogP contribution in [0.4, 0.5) is 0 Å². The van der Waals surface area contributed by atoms with Gasteiger partial charge in [-0.2, -0.15) is 0 Å². The van der Waals surface area contributed by atoms with Gasteiger partial charge in [-0.3, -0.25) is 9.69 Å². The van der Waals surface area contributed by atoms with E-state index in [-0.39, 0.29) is 30.5 Å². The SMILES string of the molecule is COC(=O)C(C)N1CCCC(C(C)N)C1.Cl. The van der Waals surface area contributed by atoms with Gasteiger partial charge in [0.2, 0.25) is 0 Å². The molecule has 1 aliphatic heterocycles. The minimum absolute atomic E-state index is 0. The second kappa shape index (κ2) is 7.09. The molecule has 4 nitrogen and oxygen atoms in total. The number of likely N-dealkylation sites (tertiary alicyclic amines) is 1. The molecule has 0 spiro atoms. The van der Waals surface area contributed by atoms with Crippen LogP contribution < -0.4 is 5.73 Å². The molecule has 1 fully saturated rings. The lowest BCUT2D eigenvalue weighted by molar-refractivity contribution is -0.147. The van der Waals surface area contributed by atoms with Crippen LogP contribution in [0.3, 0.4) is 0 Å². The topological polar surface area (TPSA) is 55.6 Å². The maximum absolute atomic E-state index is 11.4. The molecule has 1 saturated heterocycles. The van der Waals surface area contributed by atoms with Gasteiger partial charge in [-0.1, -0.05) is 0 Å².